The summed E-state index contributed by atoms with van der Waals surface area (Å²) in [5.74, 6) is 5.13. The molecule has 57 heavy (non-hydrogen) atoms. The lowest BCUT2D eigenvalue weighted by Crippen LogP contribution is -2.39. The van der Waals surface area contributed by atoms with Gasteiger partial charge < -0.3 is 9.15 Å². The number of allylic oxidation sites excluding steroid dienone is 4. The maximum Gasteiger partial charge on any atom is 0.163 e. The van der Waals surface area contributed by atoms with Crippen molar-refractivity contribution in [2.45, 2.75) is 43.4 Å². The summed E-state index contributed by atoms with van der Waals surface area (Å²) in [6, 6.07) is 51.7. The fraction of sp³-hybridized carbons (Fsp3) is 0.173. The van der Waals surface area contributed by atoms with Crippen LogP contribution in [0, 0.1) is 11.8 Å². The molecule has 0 bridgehead atoms. The Morgan fingerprint density at radius 2 is 1.26 bits per heavy atom. The Balaban J connectivity index is 0.977. The van der Waals surface area contributed by atoms with Gasteiger partial charge in [-0.2, -0.15) is 0 Å². The molecule has 1 aliphatic heterocycles. The minimum Gasteiger partial charge on any atom is -0.461 e. The number of rotatable bonds is 4. The Morgan fingerprint density at radius 3 is 2.09 bits per heavy atom. The standard InChI is InChI=1S/C52H39N3O2/c1-2-14-32(15-3-1)49-53-50(34-26-28-39-38-19-8-12-24-45(38)56-48(39)31-34)55-51(54-49)40-20-5-4-16-35(40)33-27-29-47-44(30-33)52(43-23-11-13-25-46(43)57-47)41-21-9-6-17-36(41)37-18-7-10-22-42(37)52/h1-3,5-15,17-26,28,31,33,35,40H,4,16,27,29-30H2. The molecule has 2 aromatic heterocycles. The van der Waals surface area contributed by atoms with Gasteiger partial charge in [0.1, 0.15) is 28.5 Å². The minimum absolute atomic E-state index is 0.0425. The summed E-state index contributed by atoms with van der Waals surface area (Å²) in [6.07, 6.45) is 9.77. The molecule has 0 saturated carbocycles. The first kappa shape index (κ1) is 32.6. The first-order chi connectivity index (χ1) is 28.2. The van der Waals surface area contributed by atoms with Gasteiger partial charge >= 0.3 is 0 Å². The first-order valence-electron chi connectivity index (χ1n) is 20.3. The summed E-state index contributed by atoms with van der Waals surface area (Å²) in [5.41, 5.74) is 11.3. The highest BCUT2D eigenvalue weighted by atomic mass is 16.5. The predicted molar refractivity (Wildman–Crippen MR) is 226 cm³/mol. The monoisotopic (exact) mass is 737 g/mol. The van der Waals surface area contributed by atoms with Crippen molar-refractivity contribution < 1.29 is 9.15 Å². The quantitative estimate of drug-likeness (QED) is 0.168. The van der Waals surface area contributed by atoms with Gasteiger partial charge in [-0.1, -0.05) is 133 Å². The van der Waals surface area contributed by atoms with Crippen LogP contribution < -0.4 is 4.74 Å². The van der Waals surface area contributed by atoms with E-state index in [1.165, 1.54) is 33.4 Å². The summed E-state index contributed by atoms with van der Waals surface area (Å²) in [4.78, 5) is 15.8. The Kier molecular flexibility index (Phi) is 7.28. The van der Waals surface area contributed by atoms with Gasteiger partial charge in [-0.25, -0.2) is 15.0 Å². The third kappa shape index (κ3) is 4.91. The van der Waals surface area contributed by atoms with Gasteiger partial charge in [-0.15, -0.1) is 0 Å². The molecule has 0 saturated heterocycles. The van der Waals surface area contributed by atoms with Crippen LogP contribution >= 0.6 is 0 Å². The fourth-order valence-corrected chi connectivity index (χ4v) is 10.7. The van der Waals surface area contributed by atoms with Crippen molar-refractivity contribution in [1.29, 1.82) is 0 Å². The number of furan rings is 1. The number of hydrogen-bond acceptors (Lipinski definition) is 5. The molecule has 0 fully saturated rings. The smallest absolute Gasteiger partial charge is 0.163 e. The largest absolute Gasteiger partial charge is 0.461 e. The number of aromatic nitrogens is 3. The lowest BCUT2D eigenvalue weighted by atomic mass is 9.59. The second-order valence-electron chi connectivity index (χ2n) is 16.1. The number of fused-ring (bicyclic) bond motifs is 11. The highest BCUT2D eigenvalue weighted by Crippen LogP contribution is 2.63. The zero-order valence-corrected chi connectivity index (χ0v) is 31.4. The van der Waals surface area contributed by atoms with E-state index in [0.717, 1.165) is 82.5 Å². The molecular weight excluding hydrogens is 699 g/mol. The van der Waals surface area contributed by atoms with Crippen molar-refractivity contribution in [3.05, 3.63) is 192 Å². The predicted octanol–water partition coefficient (Wildman–Crippen LogP) is 12.6. The molecule has 3 heterocycles. The second-order valence-corrected chi connectivity index (χ2v) is 16.1. The topological polar surface area (TPSA) is 61.0 Å². The summed E-state index contributed by atoms with van der Waals surface area (Å²) in [7, 11) is 0. The van der Waals surface area contributed by atoms with Crippen LogP contribution in [0.1, 0.15) is 60.5 Å². The number of benzene rings is 6. The van der Waals surface area contributed by atoms with Crippen molar-refractivity contribution >= 4 is 21.9 Å². The van der Waals surface area contributed by atoms with Crippen molar-refractivity contribution in [3.8, 4) is 39.7 Å². The third-order valence-electron chi connectivity index (χ3n) is 13.2. The summed E-state index contributed by atoms with van der Waals surface area (Å²) >= 11 is 0. The van der Waals surface area contributed by atoms with Crippen LogP contribution in [0.5, 0.6) is 5.75 Å². The first-order valence-corrected chi connectivity index (χ1v) is 20.3. The molecule has 5 nitrogen and oxygen atoms in total. The third-order valence-corrected chi connectivity index (χ3v) is 13.2. The molecule has 3 unspecified atom stereocenters. The van der Waals surface area contributed by atoms with Crippen LogP contribution in [0.15, 0.2) is 173 Å². The molecular formula is C52H39N3O2. The van der Waals surface area contributed by atoms with Crippen molar-refractivity contribution in [3.63, 3.8) is 0 Å². The number of nitrogens with zero attached hydrogens (tertiary/aromatic N) is 3. The van der Waals surface area contributed by atoms with E-state index in [2.05, 4.69) is 140 Å². The minimum atomic E-state index is -0.397. The molecule has 3 atom stereocenters. The molecule has 0 amide bonds. The molecule has 8 aromatic rings. The van der Waals surface area contributed by atoms with Crippen LogP contribution in [-0.4, -0.2) is 15.0 Å². The van der Waals surface area contributed by atoms with Gasteiger partial charge in [-0.05, 0) is 89.6 Å². The maximum atomic E-state index is 6.90. The van der Waals surface area contributed by atoms with Gasteiger partial charge in [0.2, 0.25) is 0 Å². The molecule has 4 aliphatic rings. The van der Waals surface area contributed by atoms with Crippen LogP contribution in [0.4, 0.5) is 0 Å². The van der Waals surface area contributed by atoms with Gasteiger partial charge in [0, 0.05) is 39.8 Å². The van der Waals surface area contributed by atoms with Crippen LogP contribution in [0.3, 0.4) is 0 Å². The van der Waals surface area contributed by atoms with E-state index in [1.54, 1.807) is 0 Å². The van der Waals surface area contributed by atoms with Gasteiger partial charge in [0.05, 0.1) is 5.41 Å². The van der Waals surface area contributed by atoms with Crippen LogP contribution in [0.25, 0.3) is 55.8 Å². The van der Waals surface area contributed by atoms with Gasteiger partial charge in [0.25, 0.3) is 0 Å². The lowest BCUT2D eigenvalue weighted by Gasteiger charge is -2.46. The average molecular weight is 738 g/mol. The summed E-state index contributed by atoms with van der Waals surface area (Å²) < 4.78 is 13.2. The SMILES string of the molecule is C1=CC(c2nc(-c3ccccc3)nc(-c3ccc4c(c3)oc3ccccc34)n2)C(C2CCC3=C(C2)C2(c4ccccc4O3)c3ccccc3-c3ccccc32)CC1. The zero-order valence-electron chi connectivity index (χ0n) is 31.4. The number of para-hydroxylation sites is 2. The fourth-order valence-electron chi connectivity index (χ4n) is 10.7. The van der Waals surface area contributed by atoms with Crippen molar-refractivity contribution in [1.82, 2.24) is 15.0 Å². The average Bonchev–Trinajstić information content (AvgIpc) is 3.80. The molecule has 274 valence electrons. The molecule has 0 radical (unpaired) electrons. The normalized spacial score (nSPS) is 20.2. The Bertz CT molecular complexity index is 2910. The highest BCUT2D eigenvalue weighted by molar-refractivity contribution is 6.05. The van der Waals surface area contributed by atoms with Gasteiger partial charge in [-0.3, -0.25) is 0 Å². The summed E-state index contributed by atoms with van der Waals surface area (Å²) in [6.45, 7) is 0. The molecule has 12 rings (SSSR count). The Morgan fingerprint density at radius 1 is 0.579 bits per heavy atom. The highest BCUT2D eigenvalue weighted by Gasteiger charge is 2.53. The number of hydrogen-bond donors (Lipinski definition) is 0. The van der Waals surface area contributed by atoms with E-state index in [4.69, 9.17) is 24.1 Å². The molecule has 1 spiro atoms. The van der Waals surface area contributed by atoms with Crippen LogP contribution in [-0.2, 0) is 5.41 Å². The van der Waals surface area contributed by atoms with Crippen molar-refractivity contribution in [2.24, 2.45) is 11.8 Å². The maximum absolute atomic E-state index is 6.90. The van der Waals surface area contributed by atoms with E-state index in [-0.39, 0.29) is 5.92 Å². The van der Waals surface area contributed by atoms with E-state index < -0.39 is 5.41 Å². The van der Waals surface area contributed by atoms with E-state index >= 15 is 0 Å². The molecule has 0 N–H and O–H groups in total. The lowest BCUT2D eigenvalue weighted by molar-refractivity contribution is 0.216. The summed E-state index contributed by atoms with van der Waals surface area (Å²) in [5, 5.41) is 2.20. The molecule has 5 heteroatoms. The Labute approximate surface area is 331 Å². The zero-order chi connectivity index (χ0) is 37.5. The van der Waals surface area contributed by atoms with E-state index in [0.29, 0.717) is 23.5 Å². The van der Waals surface area contributed by atoms with E-state index in [9.17, 15) is 0 Å². The van der Waals surface area contributed by atoms with E-state index in [1.807, 2.05) is 18.2 Å². The molecule has 3 aliphatic carbocycles. The second kappa shape index (κ2) is 12.7. The number of ether oxygens (including phenoxy) is 1. The molecule has 6 aromatic carbocycles. The van der Waals surface area contributed by atoms with Crippen LogP contribution in [0.2, 0.25) is 0 Å². The van der Waals surface area contributed by atoms with Crippen molar-refractivity contribution in [2.75, 3.05) is 0 Å². The van der Waals surface area contributed by atoms with Gasteiger partial charge in [0.15, 0.2) is 11.6 Å². The Hall–Kier alpha value is -6.59.